The van der Waals surface area contributed by atoms with Crippen molar-refractivity contribution in [2.24, 2.45) is 11.8 Å². The fraction of sp³-hybridized carbons (Fsp3) is 0.615. The van der Waals surface area contributed by atoms with Crippen LogP contribution in [0.3, 0.4) is 0 Å². The van der Waals surface area contributed by atoms with Gasteiger partial charge >= 0.3 is 0 Å². The van der Waals surface area contributed by atoms with Crippen LogP contribution in [0.1, 0.15) is 89.3 Å². The first kappa shape index (κ1) is 21.9. The van der Waals surface area contributed by atoms with Gasteiger partial charge in [0.1, 0.15) is 5.82 Å². The minimum Gasteiger partial charge on any atom is -0.206 e. The summed E-state index contributed by atoms with van der Waals surface area (Å²) in [6, 6.07) is 9.52. The Kier molecular flexibility index (Phi) is 8.64. The number of benzene rings is 1. The van der Waals surface area contributed by atoms with Gasteiger partial charge in [0, 0.05) is 5.56 Å². The summed E-state index contributed by atoms with van der Waals surface area (Å²) < 4.78 is 14.7. The Bertz CT molecular complexity index is 733. The maximum absolute atomic E-state index is 14.7. The number of aryl methyl sites for hydroxylation is 2. The van der Waals surface area contributed by atoms with E-state index in [9.17, 15) is 4.39 Å². The predicted molar refractivity (Wildman–Crippen MR) is 119 cm³/mol. The summed E-state index contributed by atoms with van der Waals surface area (Å²) >= 11 is 0. The third kappa shape index (κ3) is 6.62. The molecule has 1 heterocycles. The Labute approximate surface area is 176 Å². The van der Waals surface area contributed by atoms with Gasteiger partial charge in [-0.1, -0.05) is 71.3 Å². The fourth-order valence-corrected chi connectivity index (χ4v) is 4.59. The molecular formula is C26H37FN2. The van der Waals surface area contributed by atoms with Crippen LogP contribution in [-0.2, 0) is 12.8 Å². The molecule has 0 N–H and O–H groups in total. The van der Waals surface area contributed by atoms with E-state index >= 15 is 0 Å². The summed E-state index contributed by atoms with van der Waals surface area (Å²) in [5, 5.41) is 8.51. The molecule has 3 rings (SSSR count). The van der Waals surface area contributed by atoms with Gasteiger partial charge in [-0.15, -0.1) is 0 Å². The molecule has 0 amide bonds. The fourth-order valence-electron chi connectivity index (χ4n) is 4.59. The van der Waals surface area contributed by atoms with Gasteiger partial charge < -0.3 is 0 Å². The Hall–Kier alpha value is -1.77. The third-order valence-electron chi connectivity index (χ3n) is 6.59. The normalized spacial score (nSPS) is 19.4. The number of halogens is 1. The van der Waals surface area contributed by atoms with Crippen LogP contribution in [0.25, 0.3) is 11.3 Å². The van der Waals surface area contributed by atoms with Crippen molar-refractivity contribution >= 4 is 0 Å². The summed E-state index contributed by atoms with van der Waals surface area (Å²) in [6.45, 7) is 4.45. The second-order valence-electron chi connectivity index (χ2n) is 8.90. The lowest BCUT2D eigenvalue weighted by molar-refractivity contribution is 0.250. The number of rotatable bonds is 10. The van der Waals surface area contributed by atoms with Crippen LogP contribution in [0.2, 0.25) is 0 Å². The van der Waals surface area contributed by atoms with Crippen molar-refractivity contribution in [2.75, 3.05) is 0 Å². The van der Waals surface area contributed by atoms with Crippen molar-refractivity contribution in [3.05, 3.63) is 47.4 Å². The molecule has 1 aromatic heterocycles. The predicted octanol–water partition coefficient (Wildman–Crippen LogP) is 7.55. The van der Waals surface area contributed by atoms with Crippen LogP contribution in [0.4, 0.5) is 4.39 Å². The SMILES string of the molecule is CCCCc1ccc(-c2ccc(CC[C@H]3CC[C@H](CCCC)CC3)cc2F)nn1. The zero-order chi connectivity index (χ0) is 20.5. The van der Waals surface area contributed by atoms with E-state index in [4.69, 9.17) is 0 Å². The largest absolute Gasteiger partial charge is 0.206 e. The van der Waals surface area contributed by atoms with Gasteiger partial charge in [-0.25, -0.2) is 4.39 Å². The zero-order valence-corrected chi connectivity index (χ0v) is 18.3. The molecule has 29 heavy (non-hydrogen) atoms. The maximum atomic E-state index is 14.7. The molecule has 0 atom stereocenters. The lowest BCUT2D eigenvalue weighted by Gasteiger charge is -2.28. The molecule has 0 bridgehead atoms. The third-order valence-corrected chi connectivity index (χ3v) is 6.59. The monoisotopic (exact) mass is 396 g/mol. The molecule has 158 valence electrons. The molecule has 1 aromatic carbocycles. The second-order valence-corrected chi connectivity index (χ2v) is 8.90. The highest BCUT2D eigenvalue weighted by atomic mass is 19.1. The minimum atomic E-state index is -0.179. The maximum Gasteiger partial charge on any atom is 0.132 e. The molecule has 2 nitrogen and oxygen atoms in total. The summed E-state index contributed by atoms with van der Waals surface area (Å²) in [6.07, 6.45) is 15.0. The van der Waals surface area contributed by atoms with E-state index in [0.29, 0.717) is 11.3 Å². The van der Waals surface area contributed by atoms with Crippen LogP contribution in [0.15, 0.2) is 30.3 Å². The van der Waals surface area contributed by atoms with E-state index in [2.05, 4.69) is 30.1 Å². The van der Waals surface area contributed by atoms with Crippen molar-refractivity contribution in [1.29, 1.82) is 0 Å². The van der Waals surface area contributed by atoms with Crippen LogP contribution < -0.4 is 0 Å². The van der Waals surface area contributed by atoms with Gasteiger partial charge in [0.25, 0.3) is 0 Å². The highest BCUT2D eigenvalue weighted by Gasteiger charge is 2.20. The first-order valence-electron chi connectivity index (χ1n) is 11.8. The van der Waals surface area contributed by atoms with Gasteiger partial charge in [-0.3, -0.25) is 0 Å². The molecule has 0 spiro atoms. The molecule has 3 heteroatoms. The molecule has 1 aliphatic rings. The summed E-state index contributed by atoms with van der Waals surface area (Å²) in [5.74, 6) is 1.59. The Morgan fingerprint density at radius 1 is 0.828 bits per heavy atom. The molecule has 0 radical (unpaired) electrons. The molecule has 1 saturated carbocycles. The van der Waals surface area contributed by atoms with Gasteiger partial charge in [-0.05, 0) is 67.3 Å². The first-order valence-corrected chi connectivity index (χ1v) is 11.8. The first-order chi connectivity index (χ1) is 14.2. The molecule has 0 aliphatic heterocycles. The van der Waals surface area contributed by atoms with E-state index in [0.717, 1.165) is 48.8 Å². The van der Waals surface area contributed by atoms with Gasteiger partial charge in [0.2, 0.25) is 0 Å². The minimum absolute atomic E-state index is 0.179. The smallest absolute Gasteiger partial charge is 0.132 e. The lowest BCUT2D eigenvalue weighted by Crippen LogP contribution is -2.15. The van der Waals surface area contributed by atoms with Crippen LogP contribution in [0, 0.1) is 17.7 Å². The average molecular weight is 397 g/mol. The van der Waals surface area contributed by atoms with E-state index in [1.165, 1.54) is 51.4 Å². The van der Waals surface area contributed by atoms with E-state index in [1.807, 2.05) is 18.2 Å². The summed E-state index contributed by atoms with van der Waals surface area (Å²) in [5.41, 5.74) is 3.27. The highest BCUT2D eigenvalue weighted by Crippen LogP contribution is 2.34. The Morgan fingerprint density at radius 2 is 1.55 bits per heavy atom. The van der Waals surface area contributed by atoms with Crippen molar-refractivity contribution in [3.63, 3.8) is 0 Å². The van der Waals surface area contributed by atoms with Crippen LogP contribution >= 0.6 is 0 Å². The standard InChI is InChI=1S/C26H37FN2/c1-3-5-7-20-9-11-21(12-10-20)13-14-22-15-17-24(25(27)19-22)26-18-16-23(28-29-26)8-6-4-2/h15-21H,3-14H2,1-2H3/t20-,21-. The van der Waals surface area contributed by atoms with Gasteiger partial charge in [-0.2, -0.15) is 10.2 Å². The molecule has 0 unspecified atom stereocenters. The van der Waals surface area contributed by atoms with Crippen LogP contribution in [0.5, 0.6) is 0 Å². The quantitative estimate of drug-likeness (QED) is 0.414. The van der Waals surface area contributed by atoms with Gasteiger partial charge in [0.05, 0.1) is 11.4 Å². The molecule has 1 aliphatic carbocycles. The number of hydrogen-bond acceptors (Lipinski definition) is 2. The van der Waals surface area contributed by atoms with Crippen LogP contribution in [-0.4, -0.2) is 10.2 Å². The summed E-state index contributed by atoms with van der Waals surface area (Å²) in [4.78, 5) is 0. The average Bonchev–Trinajstić information content (AvgIpc) is 2.76. The summed E-state index contributed by atoms with van der Waals surface area (Å²) in [7, 11) is 0. The Balaban J connectivity index is 1.51. The molecule has 1 fully saturated rings. The molecule has 2 aromatic rings. The van der Waals surface area contributed by atoms with Crippen molar-refractivity contribution in [1.82, 2.24) is 10.2 Å². The van der Waals surface area contributed by atoms with Gasteiger partial charge in [0.15, 0.2) is 0 Å². The number of hydrogen-bond donors (Lipinski definition) is 0. The van der Waals surface area contributed by atoms with E-state index in [1.54, 1.807) is 6.07 Å². The molecular weight excluding hydrogens is 359 g/mol. The number of nitrogens with zero attached hydrogens (tertiary/aromatic N) is 2. The van der Waals surface area contributed by atoms with Crippen molar-refractivity contribution in [3.8, 4) is 11.3 Å². The van der Waals surface area contributed by atoms with Crippen molar-refractivity contribution < 1.29 is 4.39 Å². The highest BCUT2D eigenvalue weighted by molar-refractivity contribution is 5.59. The van der Waals surface area contributed by atoms with Crippen molar-refractivity contribution in [2.45, 2.75) is 90.9 Å². The molecule has 0 saturated heterocycles. The zero-order valence-electron chi connectivity index (χ0n) is 18.3. The Morgan fingerprint density at radius 3 is 2.17 bits per heavy atom. The lowest BCUT2D eigenvalue weighted by atomic mass is 9.78. The van der Waals surface area contributed by atoms with E-state index in [-0.39, 0.29) is 5.82 Å². The topological polar surface area (TPSA) is 25.8 Å². The number of aromatic nitrogens is 2. The second kappa shape index (κ2) is 11.4. The van der Waals surface area contributed by atoms with E-state index < -0.39 is 0 Å². The number of unbranched alkanes of at least 4 members (excludes halogenated alkanes) is 2.